The molecule has 2 heterocycles. The number of fused-ring (bicyclic) bond motifs is 3. The predicted molar refractivity (Wildman–Crippen MR) is 58.8 cm³/mol. The molecule has 1 N–H and O–H groups in total. The number of nitrogens with zero attached hydrogens (tertiary/aromatic N) is 1. The van der Waals surface area contributed by atoms with Crippen LogP contribution in [0.25, 0.3) is 5.52 Å². The fourth-order valence-electron chi connectivity index (χ4n) is 2.48. The van der Waals surface area contributed by atoms with E-state index in [-0.39, 0.29) is 0 Å². The van der Waals surface area contributed by atoms with Crippen molar-refractivity contribution in [3.63, 3.8) is 0 Å². The van der Waals surface area contributed by atoms with Crippen LogP contribution in [0.4, 0.5) is 0 Å². The lowest BCUT2D eigenvalue weighted by Crippen LogP contribution is -2.17. The van der Waals surface area contributed by atoms with Gasteiger partial charge in [-0.3, -0.25) is 0 Å². The number of rotatable bonds is 1. The molecular formula is C13H14NO. The Hall–Kier alpha value is -1.28. The Bertz CT molecular complexity index is 486. The highest BCUT2D eigenvalue weighted by Gasteiger charge is 2.21. The zero-order valence-electron chi connectivity index (χ0n) is 8.61. The molecule has 15 heavy (non-hydrogen) atoms. The highest BCUT2D eigenvalue weighted by atomic mass is 16.3. The molecule has 1 unspecified atom stereocenters. The molecule has 1 atom stereocenters. The van der Waals surface area contributed by atoms with E-state index in [0.717, 1.165) is 24.8 Å². The van der Waals surface area contributed by atoms with Crippen molar-refractivity contribution in [1.29, 1.82) is 0 Å². The van der Waals surface area contributed by atoms with Gasteiger partial charge in [-0.25, -0.2) is 0 Å². The van der Waals surface area contributed by atoms with Crippen molar-refractivity contribution in [2.24, 2.45) is 5.92 Å². The Balaban J connectivity index is 2.12. The van der Waals surface area contributed by atoms with E-state index in [2.05, 4.69) is 28.8 Å². The third kappa shape index (κ3) is 1.37. The fourth-order valence-corrected chi connectivity index (χ4v) is 2.48. The Kier molecular flexibility index (Phi) is 2.03. The van der Waals surface area contributed by atoms with Crippen LogP contribution in [0.3, 0.4) is 0 Å². The number of aromatic nitrogens is 1. The molecule has 0 aliphatic heterocycles. The van der Waals surface area contributed by atoms with Crippen LogP contribution in [0.5, 0.6) is 0 Å². The molecule has 0 spiro atoms. The van der Waals surface area contributed by atoms with Crippen LogP contribution in [0.15, 0.2) is 24.4 Å². The van der Waals surface area contributed by atoms with Crippen LogP contribution in [0.2, 0.25) is 0 Å². The van der Waals surface area contributed by atoms with Crippen molar-refractivity contribution < 1.29 is 5.11 Å². The molecule has 0 bridgehead atoms. The largest absolute Gasteiger partial charge is 0.396 e. The molecule has 2 heteroatoms. The second-order valence-corrected chi connectivity index (χ2v) is 4.30. The van der Waals surface area contributed by atoms with Crippen LogP contribution >= 0.6 is 0 Å². The second kappa shape index (κ2) is 3.38. The molecule has 3 rings (SSSR count). The Morgan fingerprint density at radius 2 is 2.40 bits per heavy atom. The molecule has 1 aliphatic rings. The summed E-state index contributed by atoms with van der Waals surface area (Å²) in [7, 11) is 0. The first-order valence-corrected chi connectivity index (χ1v) is 5.49. The molecule has 2 nitrogen and oxygen atoms in total. The molecule has 0 amide bonds. The molecule has 0 saturated carbocycles. The average Bonchev–Trinajstić information content (AvgIpc) is 2.66. The molecule has 0 aromatic carbocycles. The first kappa shape index (κ1) is 8.98. The van der Waals surface area contributed by atoms with Crippen molar-refractivity contribution in [3.05, 3.63) is 41.7 Å². The first-order chi connectivity index (χ1) is 7.38. The van der Waals surface area contributed by atoms with E-state index in [1.54, 1.807) is 0 Å². The SMILES string of the molecule is OCC1CCc2c([c]c3ccccn23)C1. The summed E-state index contributed by atoms with van der Waals surface area (Å²) in [6.45, 7) is 0.305. The van der Waals surface area contributed by atoms with E-state index in [0.29, 0.717) is 12.5 Å². The van der Waals surface area contributed by atoms with Crippen molar-refractivity contribution in [2.75, 3.05) is 6.61 Å². The van der Waals surface area contributed by atoms with Crippen LogP contribution in [0, 0.1) is 12.0 Å². The quantitative estimate of drug-likeness (QED) is 0.746. The van der Waals surface area contributed by atoms with Crippen molar-refractivity contribution in [3.8, 4) is 0 Å². The van der Waals surface area contributed by atoms with Gasteiger partial charge in [0.2, 0.25) is 0 Å². The topological polar surface area (TPSA) is 24.6 Å². The van der Waals surface area contributed by atoms with Gasteiger partial charge < -0.3 is 9.51 Å². The van der Waals surface area contributed by atoms with Gasteiger partial charge in [0.05, 0.1) is 5.52 Å². The van der Waals surface area contributed by atoms with Gasteiger partial charge in [0.1, 0.15) is 0 Å². The third-order valence-corrected chi connectivity index (χ3v) is 3.32. The number of pyridine rings is 1. The molecule has 1 radical (unpaired) electrons. The summed E-state index contributed by atoms with van der Waals surface area (Å²) in [5.74, 6) is 0.436. The molecule has 1 aliphatic carbocycles. The first-order valence-electron chi connectivity index (χ1n) is 5.49. The predicted octanol–water partition coefficient (Wildman–Crippen LogP) is 1.84. The summed E-state index contributed by atoms with van der Waals surface area (Å²) >= 11 is 0. The number of hydrogen-bond donors (Lipinski definition) is 1. The van der Waals surface area contributed by atoms with Gasteiger partial charge in [-0.2, -0.15) is 0 Å². The highest BCUT2D eigenvalue weighted by Crippen LogP contribution is 2.27. The smallest absolute Gasteiger partial charge is 0.0535 e. The van der Waals surface area contributed by atoms with E-state index < -0.39 is 0 Å². The lowest BCUT2D eigenvalue weighted by atomic mass is 9.88. The lowest BCUT2D eigenvalue weighted by molar-refractivity contribution is 0.213. The fraction of sp³-hybridized carbons (Fsp3) is 0.385. The third-order valence-electron chi connectivity index (χ3n) is 3.32. The van der Waals surface area contributed by atoms with Gasteiger partial charge in [-0.15, -0.1) is 0 Å². The summed E-state index contributed by atoms with van der Waals surface area (Å²) in [6, 6.07) is 9.62. The van der Waals surface area contributed by atoms with Crippen molar-refractivity contribution in [1.82, 2.24) is 4.40 Å². The summed E-state index contributed by atoms with van der Waals surface area (Å²) in [5, 5.41) is 9.17. The Morgan fingerprint density at radius 3 is 3.27 bits per heavy atom. The minimum atomic E-state index is 0.305. The van der Waals surface area contributed by atoms with E-state index in [1.165, 1.54) is 11.3 Å². The van der Waals surface area contributed by atoms with Gasteiger partial charge in [0.15, 0.2) is 0 Å². The van der Waals surface area contributed by atoms with E-state index >= 15 is 0 Å². The van der Waals surface area contributed by atoms with Gasteiger partial charge >= 0.3 is 0 Å². The van der Waals surface area contributed by atoms with Crippen LogP contribution < -0.4 is 0 Å². The summed E-state index contributed by atoms with van der Waals surface area (Å²) in [6.07, 6.45) is 5.24. The molecule has 2 aromatic rings. The average molecular weight is 200 g/mol. The number of aliphatic hydroxyl groups excluding tert-OH is 1. The summed E-state index contributed by atoms with van der Waals surface area (Å²) in [4.78, 5) is 0. The van der Waals surface area contributed by atoms with Gasteiger partial charge in [-0.05, 0) is 42.9 Å². The minimum Gasteiger partial charge on any atom is -0.396 e. The standard InChI is InChI=1S/C13H14NO/c15-9-10-4-5-13-11(7-10)8-12-3-1-2-6-14(12)13/h1-3,6,10,15H,4-5,7,9H2. The maximum absolute atomic E-state index is 9.17. The van der Waals surface area contributed by atoms with Gasteiger partial charge in [0.25, 0.3) is 0 Å². The molecule has 77 valence electrons. The molecular weight excluding hydrogens is 186 g/mol. The van der Waals surface area contributed by atoms with Crippen LogP contribution in [0.1, 0.15) is 17.7 Å². The number of aryl methyl sites for hydroxylation is 1. The normalized spacial score (nSPS) is 20.5. The van der Waals surface area contributed by atoms with Gasteiger partial charge in [0, 0.05) is 24.6 Å². The van der Waals surface area contributed by atoms with Crippen molar-refractivity contribution >= 4 is 5.52 Å². The molecule has 0 saturated heterocycles. The summed E-state index contributed by atoms with van der Waals surface area (Å²) in [5.41, 5.74) is 3.84. The Labute approximate surface area is 89.2 Å². The van der Waals surface area contributed by atoms with Gasteiger partial charge in [-0.1, -0.05) is 6.07 Å². The minimum absolute atomic E-state index is 0.305. The Morgan fingerprint density at radius 1 is 1.47 bits per heavy atom. The van der Waals surface area contributed by atoms with E-state index in [1.807, 2.05) is 6.07 Å². The number of hydrogen-bond acceptors (Lipinski definition) is 1. The van der Waals surface area contributed by atoms with Crippen molar-refractivity contribution in [2.45, 2.75) is 19.3 Å². The lowest BCUT2D eigenvalue weighted by Gasteiger charge is -2.20. The van der Waals surface area contributed by atoms with Crippen LogP contribution in [-0.4, -0.2) is 16.1 Å². The van der Waals surface area contributed by atoms with E-state index in [4.69, 9.17) is 0 Å². The molecule has 2 aromatic heterocycles. The second-order valence-electron chi connectivity index (χ2n) is 4.30. The maximum atomic E-state index is 9.17. The zero-order chi connectivity index (χ0) is 10.3. The monoisotopic (exact) mass is 200 g/mol. The molecule has 0 fully saturated rings. The van der Waals surface area contributed by atoms with Crippen LogP contribution in [-0.2, 0) is 12.8 Å². The summed E-state index contributed by atoms with van der Waals surface area (Å²) < 4.78 is 2.23. The number of aliphatic hydroxyl groups is 1. The highest BCUT2D eigenvalue weighted by molar-refractivity contribution is 5.52. The zero-order valence-corrected chi connectivity index (χ0v) is 8.61. The maximum Gasteiger partial charge on any atom is 0.0535 e. The van der Waals surface area contributed by atoms with E-state index in [9.17, 15) is 5.11 Å².